The van der Waals surface area contributed by atoms with Crippen LogP contribution in [0, 0.1) is 0 Å². The standard InChI is InChI=1S/C37H27N3S2/c1-3-11-26(12-4-1)27-18-20-29(21-19-27)40(35-17-9-10-24-38-35)36-23-22-33(41-36)34-25-32-37(42-34)30-15-7-8-16-31(30)39(32)28-13-5-2-6-14-28/h1-8,10-16,18-25H,9,17H2. The predicted molar refractivity (Wildman–Crippen MR) is 182 cm³/mol. The van der Waals surface area contributed by atoms with Gasteiger partial charge in [-0.3, -0.25) is 4.90 Å². The minimum Gasteiger partial charge on any atom is -0.308 e. The van der Waals surface area contributed by atoms with Gasteiger partial charge in [0.15, 0.2) is 0 Å². The molecule has 0 fully saturated rings. The second-order valence-electron chi connectivity index (χ2n) is 10.4. The first kappa shape index (κ1) is 25.0. The van der Waals surface area contributed by atoms with Gasteiger partial charge in [0.25, 0.3) is 0 Å². The number of aliphatic imine (C=N–C) groups is 1. The summed E-state index contributed by atoms with van der Waals surface area (Å²) in [4.78, 5) is 9.71. The maximum atomic E-state index is 4.82. The summed E-state index contributed by atoms with van der Waals surface area (Å²) < 4.78 is 3.72. The molecule has 202 valence electrons. The van der Waals surface area contributed by atoms with Gasteiger partial charge in [-0.05, 0) is 66.1 Å². The van der Waals surface area contributed by atoms with E-state index in [-0.39, 0.29) is 0 Å². The molecule has 1 aliphatic rings. The molecule has 0 atom stereocenters. The van der Waals surface area contributed by atoms with E-state index in [1.54, 1.807) is 0 Å². The number of aromatic nitrogens is 1. The van der Waals surface area contributed by atoms with Crippen LogP contribution in [-0.2, 0) is 0 Å². The lowest BCUT2D eigenvalue weighted by Crippen LogP contribution is -2.25. The first-order chi connectivity index (χ1) is 20.8. The number of para-hydroxylation sites is 2. The summed E-state index contributed by atoms with van der Waals surface area (Å²) in [6, 6.07) is 45.7. The molecule has 0 aliphatic carbocycles. The molecule has 0 bridgehead atoms. The van der Waals surface area contributed by atoms with Crippen molar-refractivity contribution in [3.05, 3.63) is 140 Å². The first-order valence-electron chi connectivity index (χ1n) is 14.2. The van der Waals surface area contributed by atoms with Gasteiger partial charge in [-0.1, -0.05) is 84.9 Å². The normalized spacial score (nSPS) is 13.1. The molecule has 0 saturated heterocycles. The van der Waals surface area contributed by atoms with E-state index >= 15 is 0 Å². The summed E-state index contributed by atoms with van der Waals surface area (Å²) in [5.74, 6) is 1.08. The van der Waals surface area contributed by atoms with Gasteiger partial charge in [0.2, 0.25) is 0 Å². The van der Waals surface area contributed by atoms with E-state index in [1.807, 2.05) is 28.9 Å². The molecule has 0 radical (unpaired) electrons. The molecule has 0 unspecified atom stereocenters. The summed E-state index contributed by atoms with van der Waals surface area (Å²) in [7, 11) is 0. The van der Waals surface area contributed by atoms with E-state index < -0.39 is 0 Å². The lowest BCUT2D eigenvalue weighted by molar-refractivity contribution is 1.03. The number of benzene rings is 4. The summed E-state index contributed by atoms with van der Waals surface area (Å²) in [5.41, 5.74) is 7.27. The molecular weight excluding hydrogens is 551 g/mol. The molecule has 1 aliphatic heterocycles. The van der Waals surface area contributed by atoms with Crippen LogP contribution in [0.5, 0.6) is 0 Å². The van der Waals surface area contributed by atoms with Crippen molar-refractivity contribution in [2.75, 3.05) is 4.90 Å². The molecule has 0 amide bonds. The lowest BCUT2D eigenvalue weighted by atomic mass is 10.1. The number of thiophene rings is 2. The molecule has 4 aromatic carbocycles. The first-order valence-corrected chi connectivity index (χ1v) is 15.8. The highest BCUT2D eigenvalue weighted by Crippen LogP contribution is 2.45. The van der Waals surface area contributed by atoms with Crippen LogP contribution in [0.15, 0.2) is 145 Å². The SMILES string of the molecule is C1=CN=C(N(c2ccc(-c3ccccc3)cc2)c2ccc(-c3cc4c(s3)c3ccccc3n4-c3ccccc3)s2)CC1. The van der Waals surface area contributed by atoms with Crippen LogP contribution in [0.25, 0.3) is 47.7 Å². The quantitative estimate of drug-likeness (QED) is 0.199. The minimum atomic E-state index is 0.917. The van der Waals surface area contributed by atoms with E-state index in [2.05, 4.69) is 143 Å². The number of hydrogen-bond acceptors (Lipinski definition) is 4. The molecule has 3 aromatic heterocycles. The van der Waals surface area contributed by atoms with E-state index in [9.17, 15) is 0 Å². The molecule has 0 saturated carbocycles. The Morgan fingerprint density at radius 3 is 2.17 bits per heavy atom. The Morgan fingerprint density at radius 1 is 0.643 bits per heavy atom. The second-order valence-corrected chi connectivity index (χ2v) is 12.5. The van der Waals surface area contributed by atoms with Gasteiger partial charge in [0.05, 0.1) is 15.7 Å². The second kappa shape index (κ2) is 10.6. The molecule has 4 heterocycles. The van der Waals surface area contributed by atoms with Crippen LogP contribution in [-0.4, -0.2) is 10.4 Å². The fourth-order valence-corrected chi connectivity index (χ4v) is 8.09. The van der Waals surface area contributed by atoms with Gasteiger partial charge >= 0.3 is 0 Å². The zero-order chi connectivity index (χ0) is 27.9. The Balaban J connectivity index is 1.21. The number of rotatable bonds is 5. The highest BCUT2D eigenvalue weighted by molar-refractivity contribution is 7.28. The summed E-state index contributed by atoms with van der Waals surface area (Å²) in [6.07, 6.45) is 6.00. The van der Waals surface area contributed by atoms with Crippen LogP contribution < -0.4 is 4.90 Å². The Morgan fingerprint density at radius 2 is 1.38 bits per heavy atom. The van der Waals surface area contributed by atoms with E-state index in [0.29, 0.717) is 0 Å². The van der Waals surface area contributed by atoms with Crippen molar-refractivity contribution >= 4 is 60.3 Å². The minimum absolute atomic E-state index is 0.917. The van der Waals surface area contributed by atoms with E-state index in [0.717, 1.165) is 24.4 Å². The number of amidine groups is 1. The zero-order valence-corrected chi connectivity index (χ0v) is 24.5. The maximum Gasteiger partial charge on any atom is 0.114 e. The van der Waals surface area contributed by atoms with Crippen molar-refractivity contribution < 1.29 is 0 Å². The van der Waals surface area contributed by atoms with Gasteiger partial charge in [-0.15, -0.1) is 22.7 Å². The van der Waals surface area contributed by atoms with Gasteiger partial charge in [0, 0.05) is 39.1 Å². The highest BCUT2D eigenvalue weighted by atomic mass is 32.1. The molecule has 0 N–H and O–H groups in total. The molecule has 5 heteroatoms. The van der Waals surface area contributed by atoms with Crippen molar-refractivity contribution in [2.45, 2.75) is 12.8 Å². The lowest BCUT2D eigenvalue weighted by Gasteiger charge is -2.26. The third kappa shape index (κ3) is 4.38. The van der Waals surface area contributed by atoms with Gasteiger partial charge in [-0.2, -0.15) is 0 Å². The van der Waals surface area contributed by atoms with Gasteiger partial charge in [-0.25, -0.2) is 4.99 Å². The van der Waals surface area contributed by atoms with Crippen LogP contribution >= 0.6 is 22.7 Å². The maximum absolute atomic E-state index is 4.82. The number of anilines is 2. The molecule has 7 aromatic rings. The van der Waals surface area contributed by atoms with Crippen molar-refractivity contribution in [1.82, 2.24) is 4.57 Å². The van der Waals surface area contributed by atoms with Gasteiger partial charge in [0.1, 0.15) is 10.8 Å². The Hall–Kier alpha value is -4.71. The van der Waals surface area contributed by atoms with Crippen LogP contribution in [0.3, 0.4) is 0 Å². The van der Waals surface area contributed by atoms with Gasteiger partial charge < -0.3 is 4.57 Å². The fraction of sp³-hybridized carbons (Fsp3) is 0.0541. The topological polar surface area (TPSA) is 20.5 Å². The third-order valence-corrected chi connectivity index (χ3v) is 10.2. The largest absolute Gasteiger partial charge is 0.308 e. The Kier molecular flexibility index (Phi) is 6.32. The van der Waals surface area contributed by atoms with Crippen molar-refractivity contribution in [3.63, 3.8) is 0 Å². The van der Waals surface area contributed by atoms with Crippen LogP contribution in [0.4, 0.5) is 10.7 Å². The predicted octanol–water partition coefficient (Wildman–Crippen LogP) is 11.1. The molecule has 8 rings (SSSR count). The summed E-state index contributed by atoms with van der Waals surface area (Å²) >= 11 is 3.71. The Labute approximate surface area is 253 Å². The van der Waals surface area contributed by atoms with Crippen molar-refractivity contribution in [2.24, 2.45) is 4.99 Å². The number of hydrogen-bond donors (Lipinski definition) is 0. The zero-order valence-electron chi connectivity index (χ0n) is 22.9. The van der Waals surface area contributed by atoms with Crippen LogP contribution in [0.2, 0.25) is 0 Å². The average molecular weight is 578 g/mol. The molecule has 3 nitrogen and oxygen atoms in total. The van der Waals surface area contributed by atoms with Crippen LogP contribution in [0.1, 0.15) is 12.8 Å². The smallest absolute Gasteiger partial charge is 0.114 e. The number of allylic oxidation sites excluding steroid dienone is 1. The third-order valence-electron chi connectivity index (χ3n) is 7.77. The number of nitrogens with zero attached hydrogens (tertiary/aromatic N) is 3. The Bertz CT molecular complexity index is 2080. The summed E-state index contributed by atoms with van der Waals surface area (Å²) in [6.45, 7) is 0. The molecule has 0 spiro atoms. The highest BCUT2D eigenvalue weighted by Gasteiger charge is 2.21. The summed E-state index contributed by atoms with van der Waals surface area (Å²) in [5, 5.41) is 2.48. The van der Waals surface area contributed by atoms with E-state index in [4.69, 9.17) is 4.99 Å². The van der Waals surface area contributed by atoms with Crippen molar-refractivity contribution in [3.8, 4) is 26.6 Å². The fourth-order valence-electron chi connectivity index (χ4n) is 5.78. The average Bonchev–Trinajstić information content (AvgIpc) is 3.78. The number of fused-ring (bicyclic) bond motifs is 3. The van der Waals surface area contributed by atoms with Crippen molar-refractivity contribution in [1.29, 1.82) is 0 Å². The molecular formula is C37H27N3S2. The molecule has 42 heavy (non-hydrogen) atoms. The van der Waals surface area contributed by atoms with E-state index in [1.165, 1.54) is 52.7 Å². The monoisotopic (exact) mass is 577 g/mol.